The second-order valence-corrected chi connectivity index (χ2v) is 8.35. The van der Waals surface area contributed by atoms with E-state index in [4.69, 9.17) is 4.74 Å². The number of thioether (sulfide) groups is 1. The van der Waals surface area contributed by atoms with Crippen molar-refractivity contribution in [1.82, 2.24) is 20.1 Å². The topological polar surface area (TPSA) is 98.1 Å². The lowest BCUT2D eigenvalue weighted by molar-refractivity contribution is -0.118. The van der Waals surface area contributed by atoms with Crippen molar-refractivity contribution in [2.75, 3.05) is 18.2 Å². The lowest BCUT2D eigenvalue weighted by Crippen LogP contribution is -2.24. The molecule has 0 aliphatic carbocycles. The van der Waals surface area contributed by atoms with Gasteiger partial charge in [0.2, 0.25) is 5.91 Å². The molecule has 0 fully saturated rings. The van der Waals surface area contributed by atoms with Gasteiger partial charge in [0.05, 0.1) is 12.9 Å². The largest absolute Gasteiger partial charge is 0.497 e. The molecule has 1 aromatic heterocycles. The molecule has 0 unspecified atom stereocenters. The van der Waals surface area contributed by atoms with Gasteiger partial charge in [-0.2, -0.15) is 0 Å². The van der Waals surface area contributed by atoms with Crippen LogP contribution in [-0.2, 0) is 11.3 Å². The summed E-state index contributed by atoms with van der Waals surface area (Å²) in [5.74, 6) is -0.163. The zero-order chi connectivity index (χ0) is 24.6. The summed E-state index contributed by atoms with van der Waals surface area (Å²) in [4.78, 5) is 24.7. The fourth-order valence-electron chi connectivity index (χ4n) is 3.22. The highest BCUT2D eigenvalue weighted by Gasteiger charge is 2.11. The van der Waals surface area contributed by atoms with Crippen molar-refractivity contribution in [3.05, 3.63) is 96.1 Å². The number of ether oxygens (including phenoxy) is 1. The van der Waals surface area contributed by atoms with Crippen LogP contribution in [0, 0.1) is 5.82 Å². The van der Waals surface area contributed by atoms with Gasteiger partial charge in [-0.3, -0.25) is 14.2 Å². The van der Waals surface area contributed by atoms with Crippen LogP contribution in [0.4, 0.5) is 10.1 Å². The Balaban J connectivity index is 1.29. The number of amides is 2. The van der Waals surface area contributed by atoms with Crippen molar-refractivity contribution in [3.8, 4) is 11.4 Å². The minimum absolute atomic E-state index is 0.158. The number of anilines is 1. The molecule has 0 bridgehead atoms. The summed E-state index contributed by atoms with van der Waals surface area (Å²) in [5.41, 5.74) is 2.44. The summed E-state index contributed by atoms with van der Waals surface area (Å²) in [6.45, 7) is 0.286. The molecular formula is C25H22FN5O3S. The standard InChI is InChI=1S/C25H22FN5O3S/c1-34-22-10-8-21(9-11-22)31-16-28-30-25(31)35-15-23(32)27-14-17-4-2-7-20(12-17)29-24(33)18-5-3-6-19(26)13-18/h2-13,16H,14-15H2,1H3,(H,27,32)(H,29,33). The van der Waals surface area contributed by atoms with Crippen LogP contribution in [0.15, 0.2) is 84.3 Å². The number of benzene rings is 3. The fraction of sp³-hybridized carbons (Fsp3) is 0.120. The first-order chi connectivity index (χ1) is 17.0. The molecule has 4 rings (SSSR count). The third-order valence-corrected chi connectivity index (χ3v) is 5.90. The van der Waals surface area contributed by atoms with Crippen LogP contribution in [0.3, 0.4) is 0 Å². The maximum atomic E-state index is 13.4. The van der Waals surface area contributed by atoms with E-state index >= 15 is 0 Å². The zero-order valence-corrected chi connectivity index (χ0v) is 19.6. The predicted molar refractivity (Wildman–Crippen MR) is 131 cm³/mol. The van der Waals surface area contributed by atoms with Gasteiger partial charge in [-0.05, 0) is 60.2 Å². The molecular weight excluding hydrogens is 469 g/mol. The number of hydrogen-bond acceptors (Lipinski definition) is 6. The first-order valence-corrected chi connectivity index (χ1v) is 11.6. The molecule has 178 valence electrons. The molecule has 0 aliphatic heterocycles. The second-order valence-electron chi connectivity index (χ2n) is 7.41. The number of halogens is 1. The molecule has 0 saturated carbocycles. The number of rotatable bonds is 9. The predicted octanol–water partition coefficient (Wildman–Crippen LogP) is 4.08. The molecule has 0 aliphatic rings. The van der Waals surface area contributed by atoms with Gasteiger partial charge in [0.25, 0.3) is 5.91 Å². The number of nitrogens with one attached hydrogen (secondary N) is 2. The minimum Gasteiger partial charge on any atom is -0.497 e. The van der Waals surface area contributed by atoms with Crippen molar-refractivity contribution < 1.29 is 18.7 Å². The molecule has 2 N–H and O–H groups in total. The zero-order valence-electron chi connectivity index (χ0n) is 18.8. The number of carbonyl (C=O) groups excluding carboxylic acids is 2. The molecule has 0 spiro atoms. The highest BCUT2D eigenvalue weighted by Crippen LogP contribution is 2.21. The Labute approximate surface area is 205 Å². The number of hydrogen-bond donors (Lipinski definition) is 2. The maximum absolute atomic E-state index is 13.4. The third kappa shape index (κ3) is 6.45. The Bertz CT molecular complexity index is 1330. The average molecular weight is 492 g/mol. The van der Waals surface area contributed by atoms with Crippen LogP contribution in [0.5, 0.6) is 5.75 Å². The van der Waals surface area contributed by atoms with Crippen molar-refractivity contribution in [2.24, 2.45) is 0 Å². The van der Waals surface area contributed by atoms with Crippen molar-refractivity contribution in [1.29, 1.82) is 0 Å². The van der Waals surface area contributed by atoms with E-state index in [9.17, 15) is 14.0 Å². The van der Waals surface area contributed by atoms with Crippen LogP contribution in [0.1, 0.15) is 15.9 Å². The lowest BCUT2D eigenvalue weighted by atomic mass is 10.1. The second kappa shape index (κ2) is 11.3. The van der Waals surface area contributed by atoms with E-state index in [-0.39, 0.29) is 23.8 Å². The highest BCUT2D eigenvalue weighted by molar-refractivity contribution is 7.99. The van der Waals surface area contributed by atoms with Gasteiger partial charge in [0, 0.05) is 23.5 Å². The van der Waals surface area contributed by atoms with Crippen LogP contribution >= 0.6 is 11.8 Å². The molecule has 0 atom stereocenters. The molecule has 8 nitrogen and oxygen atoms in total. The SMILES string of the molecule is COc1ccc(-n2cnnc2SCC(=O)NCc2cccc(NC(=O)c3cccc(F)c3)c2)cc1. The smallest absolute Gasteiger partial charge is 0.255 e. The Kier molecular flexibility index (Phi) is 7.74. The van der Waals surface area contributed by atoms with Gasteiger partial charge >= 0.3 is 0 Å². The first kappa shape index (κ1) is 24.0. The Morgan fingerprint density at radius 1 is 1.06 bits per heavy atom. The van der Waals surface area contributed by atoms with E-state index < -0.39 is 11.7 Å². The Morgan fingerprint density at radius 2 is 1.86 bits per heavy atom. The van der Waals surface area contributed by atoms with E-state index in [0.717, 1.165) is 17.0 Å². The molecule has 35 heavy (non-hydrogen) atoms. The number of methoxy groups -OCH3 is 1. The van der Waals surface area contributed by atoms with Crippen LogP contribution < -0.4 is 15.4 Å². The average Bonchev–Trinajstić information content (AvgIpc) is 3.35. The van der Waals surface area contributed by atoms with Crippen molar-refractivity contribution >= 4 is 29.3 Å². The number of nitrogens with zero attached hydrogens (tertiary/aromatic N) is 3. The minimum atomic E-state index is -0.478. The molecule has 3 aromatic carbocycles. The molecule has 0 radical (unpaired) electrons. The summed E-state index contributed by atoms with van der Waals surface area (Å²) >= 11 is 1.27. The summed E-state index contributed by atoms with van der Waals surface area (Å²) in [5, 5.41) is 14.2. The van der Waals surface area contributed by atoms with E-state index in [1.165, 1.54) is 36.0 Å². The third-order valence-electron chi connectivity index (χ3n) is 4.96. The summed E-state index contributed by atoms with van der Waals surface area (Å²) in [6, 6.07) is 20.0. The van der Waals surface area contributed by atoms with Gasteiger partial charge in [-0.25, -0.2) is 4.39 Å². The van der Waals surface area contributed by atoms with Gasteiger partial charge in [-0.1, -0.05) is 30.0 Å². The summed E-state index contributed by atoms with van der Waals surface area (Å²) in [7, 11) is 1.60. The lowest BCUT2D eigenvalue weighted by Gasteiger charge is -2.09. The van der Waals surface area contributed by atoms with Crippen LogP contribution in [0.2, 0.25) is 0 Å². The van der Waals surface area contributed by atoms with Crippen LogP contribution in [-0.4, -0.2) is 39.4 Å². The number of aromatic nitrogens is 3. The van der Waals surface area contributed by atoms with Gasteiger partial charge in [-0.15, -0.1) is 10.2 Å². The highest BCUT2D eigenvalue weighted by atomic mass is 32.2. The maximum Gasteiger partial charge on any atom is 0.255 e. The molecule has 1 heterocycles. The molecule has 2 amide bonds. The van der Waals surface area contributed by atoms with E-state index in [0.29, 0.717) is 10.8 Å². The van der Waals surface area contributed by atoms with E-state index in [1.807, 2.05) is 30.3 Å². The quantitative estimate of drug-likeness (QED) is 0.343. The Morgan fingerprint density at radius 3 is 2.63 bits per heavy atom. The summed E-state index contributed by atoms with van der Waals surface area (Å²) in [6.07, 6.45) is 1.59. The van der Waals surface area contributed by atoms with Gasteiger partial charge in [0.15, 0.2) is 5.16 Å². The molecule has 4 aromatic rings. The van der Waals surface area contributed by atoms with E-state index in [2.05, 4.69) is 20.8 Å². The number of carbonyl (C=O) groups is 2. The van der Waals surface area contributed by atoms with Crippen molar-refractivity contribution in [3.63, 3.8) is 0 Å². The summed E-state index contributed by atoms with van der Waals surface area (Å²) < 4.78 is 20.3. The van der Waals surface area contributed by atoms with Gasteiger partial charge in [0.1, 0.15) is 17.9 Å². The Hall–Kier alpha value is -4.18. The molecule has 10 heteroatoms. The van der Waals surface area contributed by atoms with Crippen molar-refractivity contribution in [2.45, 2.75) is 11.7 Å². The van der Waals surface area contributed by atoms with Crippen LogP contribution in [0.25, 0.3) is 5.69 Å². The fourth-order valence-corrected chi connectivity index (χ4v) is 3.98. The first-order valence-electron chi connectivity index (χ1n) is 10.6. The monoisotopic (exact) mass is 491 g/mol. The van der Waals surface area contributed by atoms with Gasteiger partial charge < -0.3 is 15.4 Å². The van der Waals surface area contributed by atoms with E-state index in [1.54, 1.807) is 36.2 Å². The normalized spacial score (nSPS) is 10.6. The molecule has 0 saturated heterocycles.